The number of nitrogens with zero attached hydrogens (tertiary/aromatic N) is 8. The normalized spacial score (nSPS) is 15.8. The summed E-state index contributed by atoms with van der Waals surface area (Å²) in [5, 5.41) is 0. The minimum absolute atomic E-state index is 0.621. The molecule has 0 radical (unpaired) electrons. The Morgan fingerprint density at radius 3 is 0.693 bits per heavy atom. The third kappa shape index (κ3) is 13.3. The molecule has 9 heteroatoms. The summed E-state index contributed by atoms with van der Waals surface area (Å²) in [5.74, 6) is 2.48. The van der Waals surface area contributed by atoms with E-state index in [2.05, 4.69) is 287 Å². The fourth-order valence-electron chi connectivity index (χ4n) is 17.2. The molecule has 0 saturated heterocycles. The molecule has 0 bridgehead atoms. The Balaban J connectivity index is 0.834. The molecule has 502 valence electrons. The van der Waals surface area contributed by atoms with Crippen LogP contribution >= 0.6 is 11.7 Å². The van der Waals surface area contributed by atoms with Crippen LogP contribution in [0.25, 0.3) is 44.6 Å². The lowest BCUT2D eigenvalue weighted by Crippen LogP contribution is -2.16. The average molecular weight is 1340 g/mol. The summed E-state index contributed by atoms with van der Waals surface area (Å²) < 4.78 is 10.8. The summed E-state index contributed by atoms with van der Waals surface area (Å²) in [6, 6.07) is 98.7. The van der Waals surface area contributed by atoms with E-state index in [1.807, 2.05) is 0 Å². The standard InChI is InChI=1S/C92H88N8S/c1-9-25-65(26-10-1)69-41-49-77(50-42-69)97(78-51-43-70(44-52-78)66-27-11-2-12-28-66)81-57-61-83(62-58-81)99(75-37-21-7-22-38-75)91-87-88(94-86(74-35-19-6-20-36-74)85(93-87)73-33-17-5-18-34-73)92(90-89(91)95-101-96-90)100(76-39-23-8-24-40-76)84-63-59-82(60-64-84)98(79-53-45-71(46-54-79)67-29-13-3-14-30-67)80-55-47-72(48-56-80)68-31-15-4-16-32-68/h5-8,17-24,33-68H,1-4,9-16,25-32H2. The first-order valence-electron chi connectivity index (χ1n) is 37.6. The maximum absolute atomic E-state index is 6.03. The van der Waals surface area contributed by atoms with Crippen molar-refractivity contribution in [3.63, 3.8) is 0 Å². The van der Waals surface area contributed by atoms with Gasteiger partial charge < -0.3 is 19.6 Å². The first kappa shape index (κ1) is 64.2. The Labute approximate surface area is 600 Å². The van der Waals surface area contributed by atoms with Crippen LogP contribution in [0.2, 0.25) is 0 Å². The molecule has 13 aromatic rings. The van der Waals surface area contributed by atoms with E-state index >= 15 is 0 Å². The molecule has 0 spiro atoms. The van der Waals surface area contributed by atoms with Gasteiger partial charge in [0, 0.05) is 68.0 Å². The molecule has 0 amide bonds. The van der Waals surface area contributed by atoms with E-state index in [1.54, 1.807) is 0 Å². The van der Waals surface area contributed by atoms with Crippen LogP contribution in [0.1, 0.15) is 174 Å². The first-order chi connectivity index (χ1) is 50.1. The smallest absolute Gasteiger partial charge is 0.133 e. The van der Waals surface area contributed by atoms with Gasteiger partial charge in [0.2, 0.25) is 0 Å². The van der Waals surface area contributed by atoms with E-state index in [0.717, 1.165) is 102 Å². The van der Waals surface area contributed by atoms with E-state index < -0.39 is 0 Å². The molecule has 101 heavy (non-hydrogen) atoms. The number of hydrogen-bond acceptors (Lipinski definition) is 9. The maximum atomic E-state index is 6.03. The highest BCUT2D eigenvalue weighted by atomic mass is 32.1. The summed E-state index contributed by atoms with van der Waals surface area (Å²) >= 11 is 1.23. The largest absolute Gasteiger partial charge is 0.311 e. The van der Waals surface area contributed by atoms with Crippen molar-refractivity contribution in [2.45, 2.75) is 152 Å². The van der Waals surface area contributed by atoms with Gasteiger partial charge in [0.1, 0.15) is 33.4 Å². The quantitative estimate of drug-likeness (QED) is 0.0788. The van der Waals surface area contributed by atoms with Crippen LogP contribution in [0.4, 0.5) is 68.2 Å². The Hall–Kier alpha value is -10.2. The molecule has 4 fully saturated rings. The molecule has 4 saturated carbocycles. The van der Waals surface area contributed by atoms with Gasteiger partial charge in [0.25, 0.3) is 0 Å². The van der Waals surface area contributed by atoms with Crippen LogP contribution in [-0.4, -0.2) is 18.7 Å². The minimum atomic E-state index is 0.621. The van der Waals surface area contributed by atoms with Crippen molar-refractivity contribution in [2.24, 2.45) is 0 Å². The molecule has 11 aromatic carbocycles. The summed E-state index contributed by atoms with van der Waals surface area (Å²) in [7, 11) is 0. The predicted molar refractivity (Wildman–Crippen MR) is 423 cm³/mol. The molecular weight excluding hydrogens is 1250 g/mol. The summed E-state index contributed by atoms with van der Waals surface area (Å²) in [6.07, 6.45) is 26.0. The number of anilines is 12. The molecule has 17 rings (SSSR count). The van der Waals surface area contributed by atoms with Gasteiger partial charge in [-0.1, -0.05) is 223 Å². The zero-order valence-corrected chi connectivity index (χ0v) is 58.7. The van der Waals surface area contributed by atoms with Crippen molar-refractivity contribution in [3.8, 4) is 22.5 Å². The van der Waals surface area contributed by atoms with Crippen molar-refractivity contribution in [3.05, 3.63) is 289 Å². The molecule has 0 aliphatic heterocycles. The van der Waals surface area contributed by atoms with Crippen LogP contribution < -0.4 is 19.6 Å². The van der Waals surface area contributed by atoms with Gasteiger partial charge in [0.15, 0.2) is 0 Å². The highest BCUT2D eigenvalue weighted by Crippen LogP contribution is 2.53. The molecule has 2 aromatic heterocycles. The van der Waals surface area contributed by atoms with Crippen LogP contribution in [0.3, 0.4) is 0 Å². The first-order valence-corrected chi connectivity index (χ1v) is 38.4. The van der Waals surface area contributed by atoms with Gasteiger partial charge in [-0.05, 0) is 219 Å². The van der Waals surface area contributed by atoms with Crippen molar-refractivity contribution >= 4 is 102 Å². The van der Waals surface area contributed by atoms with Crippen molar-refractivity contribution in [2.75, 3.05) is 19.6 Å². The van der Waals surface area contributed by atoms with Crippen molar-refractivity contribution in [1.82, 2.24) is 18.7 Å². The van der Waals surface area contributed by atoms with Crippen LogP contribution in [0.15, 0.2) is 267 Å². The molecule has 4 aliphatic rings. The molecular formula is C92H88N8S. The number of benzene rings is 11. The Kier molecular flexibility index (Phi) is 18.8. The van der Waals surface area contributed by atoms with Crippen LogP contribution in [-0.2, 0) is 0 Å². The minimum Gasteiger partial charge on any atom is -0.311 e. The monoisotopic (exact) mass is 1340 g/mol. The fourth-order valence-corrected chi connectivity index (χ4v) is 17.7. The second-order valence-electron chi connectivity index (χ2n) is 28.8. The average Bonchev–Trinajstić information content (AvgIpc) is 1.71. The summed E-state index contributed by atoms with van der Waals surface area (Å²) in [4.78, 5) is 21.6. The third-order valence-corrected chi connectivity index (χ3v) is 23.0. The van der Waals surface area contributed by atoms with Gasteiger partial charge in [-0.3, -0.25) is 0 Å². The number of aromatic nitrogens is 4. The van der Waals surface area contributed by atoms with Crippen LogP contribution in [0, 0.1) is 0 Å². The fraction of sp³-hybridized carbons (Fsp3) is 0.261. The van der Waals surface area contributed by atoms with E-state index in [0.29, 0.717) is 34.7 Å². The lowest BCUT2D eigenvalue weighted by atomic mass is 9.84. The summed E-state index contributed by atoms with van der Waals surface area (Å²) in [6.45, 7) is 0. The second-order valence-corrected chi connectivity index (χ2v) is 29.3. The molecule has 2 heterocycles. The van der Waals surface area contributed by atoms with E-state index in [4.69, 9.17) is 18.7 Å². The Morgan fingerprint density at radius 1 is 0.218 bits per heavy atom. The second kappa shape index (κ2) is 29.5. The molecule has 0 atom stereocenters. The number of hydrogen-bond donors (Lipinski definition) is 0. The highest BCUT2D eigenvalue weighted by Gasteiger charge is 2.33. The summed E-state index contributed by atoms with van der Waals surface area (Å²) in [5.41, 5.74) is 24.3. The zero-order chi connectivity index (χ0) is 67.3. The van der Waals surface area contributed by atoms with Crippen LogP contribution in [0.5, 0.6) is 0 Å². The third-order valence-electron chi connectivity index (χ3n) is 22.5. The predicted octanol–water partition coefficient (Wildman–Crippen LogP) is 27.0. The van der Waals surface area contributed by atoms with Gasteiger partial charge in [-0.25, -0.2) is 9.97 Å². The number of para-hydroxylation sites is 2. The Bertz CT molecular complexity index is 4440. The van der Waals surface area contributed by atoms with E-state index in [9.17, 15) is 0 Å². The number of fused-ring (bicyclic) bond motifs is 2. The highest BCUT2D eigenvalue weighted by molar-refractivity contribution is 7.00. The van der Waals surface area contributed by atoms with Gasteiger partial charge in [0.05, 0.1) is 23.1 Å². The molecule has 4 aliphatic carbocycles. The lowest BCUT2D eigenvalue weighted by molar-refractivity contribution is 0.443. The van der Waals surface area contributed by atoms with E-state index in [1.165, 1.54) is 162 Å². The van der Waals surface area contributed by atoms with Gasteiger partial charge in [-0.15, -0.1) is 0 Å². The maximum Gasteiger partial charge on any atom is 0.133 e. The lowest BCUT2D eigenvalue weighted by Gasteiger charge is -2.31. The molecule has 0 N–H and O–H groups in total. The van der Waals surface area contributed by atoms with E-state index in [-0.39, 0.29) is 0 Å². The van der Waals surface area contributed by atoms with Crippen molar-refractivity contribution in [1.29, 1.82) is 0 Å². The Morgan fingerprint density at radius 2 is 0.436 bits per heavy atom. The zero-order valence-electron chi connectivity index (χ0n) is 57.8. The van der Waals surface area contributed by atoms with Gasteiger partial charge >= 0.3 is 0 Å². The topological polar surface area (TPSA) is 64.5 Å². The van der Waals surface area contributed by atoms with Gasteiger partial charge in [-0.2, -0.15) is 8.75 Å². The molecule has 0 unspecified atom stereocenters. The molecule has 8 nitrogen and oxygen atoms in total. The van der Waals surface area contributed by atoms with Crippen molar-refractivity contribution < 1.29 is 0 Å². The SMILES string of the molecule is c1ccc(-c2nc3c(N(c4ccccc4)c4ccc(N(c5ccc(C6CCCCC6)cc5)c5ccc(C6CCCCC6)cc5)cc4)c4nsnc4c(N(c4ccccc4)c4ccc(N(c5ccc(C6CCCCC6)cc5)c5ccc(C6CCCCC6)cc5)cc4)c3nc2-c2ccccc2)cc1. The number of rotatable bonds is 18.